The van der Waals surface area contributed by atoms with Crippen LogP contribution in [0.15, 0.2) is 332 Å². The highest BCUT2D eigenvalue weighted by molar-refractivity contribution is 6.32. The number of amides is 8. The molecule has 690 valence electrons. The van der Waals surface area contributed by atoms with Crippen molar-refractivity contribution in [1.82, 2.24) is 40.4 Å². The highest BCUT2D eigenvalue weighted by atomic mass is 35.5. The van der Waals surface area contributed by atoms with E-state index in [-0.39, 0.29) is 122 Å². The van der Waals surface area contributed by atoms with Gasteiger partial charge in [-0.25, -0.2) is 9.59 Å². The number of likely N-dealkylation sites (N-methyl/N-ethyl adjacent to an activating group) is 1. The number of hydrogen-bond acceptors (Lipinski definition) is 13. The molecule has 17 rings (SSSR count). The predicted octanol–water partition coefficient (Wildman–Crippen LogP) is 19.9. The first-order valence-corrected chi connectivity index (χ1v) is 46.4. The Kier molecular flexibility index (Phi) is 35.7. The topological polar surface area (TPSA) is 251 Å². The minimum atomic E-state index is -0.432. The number of methoxy groups -OCH3 is 1. The highest BCUT2D eigenvalue weighted by Crippen LogP contribution is 2.42. The first-order chi connectivity index (χ1) is 64.9. The van der Waals surface area contributed by atoms with Crippen LogP contribution in [0, 0.1) is 11.8 Å². The van der Waals surface area contributed by atoms with Crippen molar-refractivity contribution in [1.29, 1.82) is 0 Å². The number of benzene rings is 10. The van der Waals surface area contributed by atoms with E-state index >= 15 is 0 Å². The summed E-state index contributed by atoms with van der Waals surface area (Å²) in [5, 5.41) is 11.7. The van der Waals surface area contributed by atoms with Gasteiger partial charge in [-0.2, -0.15) is 0 Å². The van der Waals surface area contributed by atoms with Crippen LogP contribution in [-0.2, 0) is 95.0 Å². The van der Waals surface area contributed by atoms with Gasteiger partial charge in [0.1, 0.15) is 13.2 Å². The Morgan fingerprint density at radius 2 is 0.679 bits per heavy atom. The van der Waals surface area contributed by atoms with Gasteiger partial charge in [0, 0.05) is 195 Å². The molecule has 3 N–H and O–H groups in total. The predicted molar refractivity (Wildman–Crippen MR) is 520 cm³/mol. The second-order valence-electron chi connectivity index (χ2n) is 33.7. The largest absolute Gasteiger partial charge is 0.457 e. The van der Waals surface area contributed by atoms with Crippen LogP contribution < -0.4 is 16.0 Å². The molecule has 10 aromatic carbocycles. The number of carbonyl (C=O) groups is 10. The van der Waals surface area contributed by atoms with Crippen molar-refractivity contribution >= 4 is 117 Å². The van der Waals surface area contributed by atoms with E-state index < -0.39 is 5.97 Å². The van der Waals surface area contributed by atoms with Crippen molar-refractivity contribution < 1.29 is 62.2 Å². The Morgan fingerprint density at radius 3 is 1.04 bits per heavy atom. The third-order valence-electron chi connectivity index (χ3n) is 23.8. The average Bonchev–Trinajstić information content (AvgIpc) is 1.18. The Hall–Kier alpha value is -13.0. The molecule has 10 aromatic rings. The highest BCUT2D eigenvalue weighted by Gasteiger charge is 2.40. The summed E-state index contributed by atoms with van der Waals surface area (Å²) in [6.45, 7) is 3.97. The molecule has 7 aliphatic rings. The number of halogens is 5. The quantitative estimate of drug-likeness (QED) is 0.0406. The number of hydrogen-bond donors (Lipinski definition) is 3. The van der Waals surface area contributed by atoms with Gasteiger partial charge in [0.25, 0.3) is 5.91 Å². The summed E-state index contributed by atoms with van der Waals surface area (Å²) in [5.74, 6) is -1.59. The number of ether oxygens (including phenoxy) is 3. The molecule has 21 nitrogen and oxygen atoms in total. The maximum atomic E-state index is 13.0. The third-order valence-corrected chi connectivity index (χ3v) is 25.1. The van der Waals surface area contributed by atoms with Gasteiger partial charge >= 0.3 is 11.9 Å². The molecular formula is C108H105Cl5N8O13. The second-order valence-corrected chi connectivity index (χ2v) is 35.9. The molecule has 0 aromatic heterocycles. The standard InChI is InChI=1S/C23H23ClN2O2.C23H22ClNO3.C22H22ClNO4.2C20H19ClN2O2/c24-19-10-8-18(9-11-19)20-12-22(27)26(14-17-6-7-17)15-21(20)23(28)25-13-16-4-2-1-3-5-16;24-19-10-8-18(9-11-19)20-12-22(26)25(13-16-6-7-16)14-21(20)23(27)28-15-17-4-2-1-3-5-17;1-27-12-11-24-14-20(22(26)28-15-16-5-3-2-4-6-16)19(13-21(24)25)17-7-9-18(23)10-8-17;1-23(13-14-5-3-2-4-6-14)20(25)18-12-22-19(24)11-17(18)15-7-9-16(21)10-8-15;1-23-13-18(20(25)22-12-14-5-3-2-4-6-14)17(11-19(23)24)15-7-9-16(21)10-8-15/h1-5,8-11,15,17,20H,6-7,12-14H2,(H,25,28);1-5,8-11,14,16,20H,6-7,12-13,15H2;2-10,14,19H,11-13,15H2,1H3;2-10,12,17H,11,13H2,1H3,(H,22,24);2-10,13,17H,11-12H2,1H3,(H,22,25). The lowest BCUT2D eigenvalue weighted by Gasteiger charge is -2.31. The maximum absolute atomic E-state index is 13.0. The Balaban J connectivity index is 0.000000142. The number of carbonyl (C=O) groups excluding carboxylic acids is 10. The molecule has 0 saturated heterocycles. The average molecular weight is 1900 g/mol. The number of rotatable bonds is 27. The van der Waals surface area contributed by atoms with Gasteiger partial charge < -0.3 is 54.7 Å². The van der Waals surface area contributed by atoms with E-state index in [4.69, 9.17) is 72.2 Å². The lowest BCUT2D eigenvalue weighted by molar-refractivity contribution is -0.142. The van der Waals surface area contributed by atoms with E-state index in [2.05, 4.69) is 16.0 Å². The van der Waals surface area contributed by atoms with Crippen LogP contribution in [0.4, 0.5) is 0 Å². The number of nitrogens with zero attached hydrogens (tertiary/aromatic N) is 5. The van der Waals surface area contributed by atoms with Gasteiger partial charge in [-0.05, 0) is 154 Å². The zero-order chi connectivity index (χ0) is 94.6. The monoisotopic (exact) mass is 1900 g/mol. The van der Waals surface area contributed by atoms with Crippen LogP contribution >= 0.6 is 58.0 Å². The van der Waals surface area contributed by atoms with Crippen LogP contribution in [0.25, 0.3) is 0 Å². The Bertz CT molecular complexity index is 5760. The van der Waals surface area contributed by atoms with Gasteiger partial charge in [-0.3, -0.25) is 38.4 Å². The minimum Gasteiger partial charge on any atom is -0.457 e. The van der Waals surface area contributed by atoms with Gasteiger partial charge in [0.05, 0.1) is 17.8 Å². The first kappa shape index (κ1) is 98.5. The molecule has 26 heteroatoms. The molecule has 0 bridgehead atoms. The maximum Gasteiger partial charge on any atom is 0.336 e. The fourth-order valence-electron chi connectivity index (χ4n) is 16.0. The van der Waals surface area contributed by atoms with E-state index in [1.54, 1.807) is 121 Å². The second kappa shape index (κ2) is 48.6. The van der Waals surface area contributed by atoms with Crippen LogP contribution in [0.5, 0.6) is 0 Å². The summed E-state index contributed by atoms with van der Waals surface area (Å²) in [6, 6.07) is 84.9. The van der Waals surface area contributed by atoms with E-state index in [1.807, 2.05) is 212 Å². The molecule has 5 aliphatic heterocycles. The van der Waals surface area contributed by atoms with Crippen LogP contribution in [0.2, 0.25) is 25.1 Å². The van der Waals surface area contributed by atoms with Gasteiger partial charge in [0.15, 0.2) is 0 Å². The van der Waals surface area contributed by atoms with Crippen molar-refractivity contribution in [3.05, 3.63) is 413 Å². The van der Waals surface area contributed by atoms with Crippen molar-refractivity contribution in [3.8, 4) is 0 Å². The zero-order valence-corrected chi connectivity index (χ0v) is 78.3. The molecular weight excluding hydrogens is 1790 g/mol. The fourth-order valence-corrected chi connectivity index (χ4v) is 16.6. The Morgan fingerprint density at radius 1 is 0.373 bits per heavy atom. The van der Waals surface area contributed by atoms with Crippen LogP contribution in [0.3, 0.4) is 0 Å². The first-order valence-electron chi connectivity index (χ1n) is 44.5. The van der Waals surface area contributed by atoms with E-state index in [0.717, 1.165) is 81.3 Å². The van der Waals surface area contributed by atoms with E-state index in [0.29, 0.717) is 117 Å². The van der Waals surface area contributed by atoms with Crippen molar-refractivity contribution in [2.45, 2.75) is 120 Å². The third kappa shape index (κ3) is 28.8. The summed E-state index contributed by atoms with van der Waals surface area (Å²) >= 11 is 29.9. The molecule has 5 atom stereocenters. The van der Waals surface area contributed by atoms with Gasteiger partial charge in [-0.15, -0.1) is 0 Å². The van der Waals surface area contributed by atoms with Crippen molar-refractivity contribution in [3.63, 3.8) is 0 Å². The summed E-state index contributed by atoms with van der Waals surface area (Å²) in [4.78, 5) is 134. The lowest BCUT2D eigenvalue weighted by atomic mass is 9.85. The molecule has 2 fully saturated rings. The Labute approximate surface area is 806 Å². The number of esters is 2. The van der Waals surface area contributed by atoms with E-state index in [1.165, 1.54) is 16.0 Å². The van der Waals surface area contributed by atoms with Gasteiger partial charge in [-0.1, -0.05) is 270 Å². The van der Waals surface area contributed by atoms with Crippen molar-refractivity contribution in [2.75, 3.05) is 47.4 Å². The SMILES string of the molecule is CN(Cc1ccccc1)C(=O)C1=CNC(=O)CC1c1ccc(Cl)cc1.CN1C=C(C(=O)NCc2ccccc2)C(c2ccc(Cl)cc2)CC1=O.COCCN1C=C(C(=O)OCc2ccccc2)C(c2ccc(Cl)cc2)CC1=O.O=C(NCc1ccccc1)C1=CN(CC2CC2)C(=O)CC1c1ccc(Cl)cc1.O=C(OCc1ccccc1)C1=CN(CC2CC2)C(=O)CC1c1ccc(Cl)cc1. The minimum absolute atomic E-state index is 0.0143. The van der Waals surface area contributed by atoms with Crippen LogP contribution in [0.1, 0.15) is 143 Å². The smallest absolute Gasteiger partial charge is 0.336 e. The van der Waals surface area contributed by atoms with E-state index in [9.17, 15) is 47.9 Å². The zero-order valence-electron chi connectivity index (χ0n) is 74.6. The van der Waals surface area contributed by atoms with Crippen LogP contribution in [-0.4, -0.2) is 131 Å². The van der Waals surface area contributed by atoms with Crippen molar-refractivity contribution in [2.24, 2.45) is 11.8 Å². The summed E-state index contributed by atoms with van der Waals surface area (Å²) < 4.78 is 16.2. The molecule has 134 heavy (non-hydrogen) atoms. The normalized spacial score (nSPS) is 17.9. The molecule has 2 saturated carbocycles. The lowest BCUT2D eigenvalue weighted by Crippen LogP contribution is -2.38. The molecule has 2 aliphatic carbocycles. The molecule has 8 amide bonds. The summed E-state index contributed by atoms with van der Waals surface area (Å²) in [6.07, 6.45) is 14.1. The molecule has 0 radical (unpaired) electrons. The van der Waals surface area contributed by atoms with Gasteiger partial charge in [0.2, 0.25) is 41.4 Å². The molecule has 5 heterocycles. The summed E-state index contributed by atoms with van der Waals surface area (Å²) in [7, 11) is 5.01. The molecule has 5 unspecified atom stereocenters. The number of nitrogens with one attached hydrogen (secondary N) is 3. The fraction of sp³-hybridized carbons (Fsp3) is 0.259. The molecule has 0 spiro atoms. The summed E-state index contributed by atoms with van der Waals surface area (Å²) in [5.41, 5.74) is 12.3.